The van der Waals surface area contributed by atoms with E-state index in [4.69, 9.17) is 0 Å². The average molecular weight is 366 g/mol. The van der Waals surface area contributed by atoms with Crippen LogP contribution in [0.2, 0.25) is 0 Å². The number of urea groups is 1. The first-order chi connectivity index (χ1) is 12.7. The van der Waals surface area contributed by atoms with Gasteiger partial charge in [0, 0.05) is 25.0 Å². The Balaban J connectivity index is 1.58. The van der Waals surface area contributed by atoms with Crippen molar-refractivity contribution in [3.05, 3.63) is 82.6 Å². The number of nitrogens with zero attached hydrogens (tertiary/aromatic N) is 1. The molecule has 0 atom stereocenters. The second-order valence-corrected chi connectivity index (χ2v) is 7.10. The number of carbonyl (C=O) groups excluding carboxylic acids is 1. The highest BCUT2D eigenvalue weighted by molar-refractivity contribution is 7.09. The van der Waals surface area contributed by atoms with E-state index in [2.05, 4.69) is 33.7 Å². The van der Waals surface area contributed by atoms with Crippen molar-refractivity contribution in [3.63, 3.8) is 0 Å². The molecule has 0 bridgehead atoms. The summed E-state index contributed by atoms with van der Waals surface area (Å²) in [6, 6.07) is 22.1. The third-order valence-electron chi connectivity index (χ3n) is 4.06. The molecule has 0 saturated carbocycles. The number of anilines is 2. The lowest BCUT2D eigenvalue weighted by Gasteiger charge is -2.23. The number of thiophene rings is 1. The van der Waals surface area contributed by atoms with E-state index in [0.29, 0.717) is 6.54 Å². The molecule has 0 fully saturated rings. The summed E-state index contributed by atoms with van der Waals surface area (Å²) in [7, 11) is 2.03. The summed E-state index contributed by atoms with van der Waals surface area (Å²) in [5.41, 5.74) is 3.02. The van der Waals surface area contributed by atoms with Gasteiger partial charge in [-0.2, -0.15) is 0 Å². The Labute approximate surface area is 158 Å². The monoisotopic (exact) mass is 365 g/mol. The molecule has 0 spiro atoms. The molecule has 4 nitrogen and oxygen atoms in total. The van der Waals surface area contributed by atoms with Gasteiger partial charge in [-0.1, -0.05) is 48.5 Å². The number of rotatable bonds is 7. The topological polar surface area (TPSA) is 44.4 Å². The standard InChI is InChI=1S/C21H23N3OS/c1-24(16-17-8-3-2-4-9-17)20-12-6-5-11-19(20)23-21(25)22-14-13-18-10-7-15-26-18/h2-12,15H,13-14,16H2,1H3,(H2,22,23,25). The van der Waals surface area contributed by atoms with E-state index in [-0.39, 0.29) is 6.03 Å². The van der Waals surface area contributed by atoms with Gasteiger partial charge in [-0.3, -0.25) is 0 Å². The molecule has 2 aromatic carbocycles. The highest BCUT2D eigenvalue weighted by Crippen LogP contribution is 2.25. The minimum absolute atomic E-state index is 0.179. The van der Waals surface area contributed by atoms with Gasteiger partial charge in [0.1, 0.15) is 0 Å². The van der Waals surface area contributed by atoms with Crippen LogP contribution in [0.15, 0.2) is 72.1 Å². The first kappa shape index (κ1) is 18.0. The lowest BCUT2D eigenvalue weighted by Crippen LogP contribution is -2.31. The third kappa shape index (κ3) is 5.10. The molecule has 0 radical (unpaired) electrons. The molecule has 1 aromatic heterocycles. The van der Waals surface area contributed by atoms with Crippen molar-refractivity contribution in [1.82, 2.24) is 5.32 Å². The van der Waals surface area contributed by atoms with Crippen molar-refractivity contribution in [2.45, 2.75) is 13.0 Å². The van der Waals surface area contributed by atoms with E-state index in [1.165, 1.54) is 10.4 Å². The molecule has 1 heterocycles. The molecule has 26 heavy (non-hydrogen) atoms. The van der Waals surface area contributed by atoms with Crippen molar-refractivity contribution in [3.8, 4) is 0 Å². The van der Waals surface area contributed by atoms with Gasteiger partial charge >= 0.3 is 6.03 Å². The first-order valence-electron chi connectivity index (χ1n) is 8.64. The second kappa shape index (κ2) is 9.06. The van der Waals surface area contributed by atoms with Gasteiger partial charge in [-0.25, -0.2) is 4.79 Å². The molecule has 0 saturated heterocycles. The van der Waals surface area contributed by atoms with E-state index >= 15 is 0 Å². The van der Waals surface area contributed by atoms with Crippen molar-refractivity contribution >= 4 is 28.7 Å². The van der Waals surface area contributed by atoms with Crippen LogP contribution in [-0.4, -0.2) is 19.6 Å². The molecule has 5 heteroatoms. The summed E-state index contributed by atoms with van der Waals surface area (Å²) in [5, 5.41) is 7.94. The predicted molar refractivity (Wildman–Crippen MR) is 110 cm³/mol. The van der Waals surface area contributed by atoms with Gasteiger partial charge in [0.25, 0.3) is 0 Å². The maximum Gasteiger partial charge on any atom is 0.319 e. The molecule has 2 N–H and O–H groups in total. The molecular formula is C21H23N3OS. The van der Waals surface area contributed by atoms with Crippen LogP contribution in [0.25, 0.3) is 0 Å². The normalized spacial score (nSPS) is 10.3. The molecule has 0 aliphatic heterocycles. The summed E-state index contributed by atoms with van der Waals surface area (Å²) in [5.74, 6) is 0. The van der Waals surface area contributed by atoms with Crippen LogP contribution in [0.3, 0.4) is 0 Å². The van der Waals surface area contributed by atoms with Crippen LogP contribution >= 0.6 is 11.3 Å². The number of carbonyl (C=O) groups is 1. The SMILES string of the molecule is CN(Cc1ccccc1)c1ccccc1NC(=O)NCCc1cccs1. The van der Waals surface area contributed by atoms with Gasteiger partial charge in [0.2, 0.25) is 0 Å². The predicted octanol–water partition coefficient (Wildman–Crippen LogP) is 4.75. The zero-order chi connectivity index (χ0) is 18.2. The molecule has 0 unspecified atom stereocenters. The lowest BCUT2D eigenvalue weighted by molar-refractivity contribution is 0.252. The third-order valence-corrected chi connectivity index (χ3v) is 5.00. The van der Waals surface area contributed by atoms with E-state index in [9.17, 15) is 4.79 Å². The number of hydrogen-bond donors (Lipinski definition) is 2. The quantitative estimate of drug-likeness (QED) is 0.635. The summed E-state index contributed by atoms with van der Waals surface area (Å²) in [4.78, 5) is 15.6. The van der Waals surface area contributed by atoms with Crippen LogP contribution in [-0.2, 0) is 13.0 Å². The summed E-state index contributed by atoms with van der Waals surface area (Å²) in [6.45, 7) is 1.40. The van der Waals surface area contributed by atoms with Gasteiger partial charge in [-0.05, 0) is 35.6 Å². The smallest absolute Gasteiger partial charge is 0.319 e. The fourth-order valence-corrected chi connectivity index (χ4v) is 3.48. The van der Waals surface area contributed by atoms with E-state index in [0.717, 1.165) is 24.3 Å². The minimum atomic E-state index is -0.179. The Hall–Kier alpha value is -2.79. The van der Waals surface area contributed by atoms with Crippen LogP contribution in [0.1, 0.15) is 10.4 Å². The Kier molecular flexibility index (Phi) is 6.28. The van der Waals surface area contributed by atoms with Crippen LogP contribution in [0.5, 0.6) is 0 Å². The van der Waals surface area contributed by atoms with Crippen molar-refractivity contribution < 1.29 is 4.79 Å². The molecule has 0 aliphatic rings. The Morgan fingerprint density at radius 1 is 1.00 bits per heavy atom. The van der Waals surface area contributed by atoms with E-state index < -0.39 is 0 Å². The fraction of sp³-hybridized carbons (Fsp3) is 0.190. The molecule has 3 aromatic rings. The molecule has 2 amide bonds. The minimum Gasteiger partial charge on any atom is -0.369 e. The number of nitrogens with one attached hydrogen (secondary N) is 2. The van der Waals surface area contributed by atoms with Gasteiger partial charge < -0.3 is 15.5 Å². The maximum absolute atomic E-state index is 12.2. The molecular weight excluding hydrogens is 342 g/mol. The zero-order valence-electron chi connectivity index (χ0n) is 14.8. The molecule has 3 rings (SSSR count). The number of amides is 2. The Morgan fingerprint density at radius 2 is 1.77 bits per heavy atom. The molecule has 134 valence electrons. The van der Waals surface area contributed by atoms with Crippen LogP contribution < -0.4 is 15.5 Å². The van der Waals surface area contributed by atoms with Crippen LogP contribution in [0.4, 0.5) is 16.2 Å². The number of para-hydroxylation sites is 2. The van der Waals surface area contributed by atoms with Crippen molar-refractivity contribution in [2.75, 3.05) is 23.8 Å². The summed E-state index contributed by atoms with van der Waals surface area (Å²) >= 11 is 1.71. The highest BCUT2D eigenvalue weighted by atomic mass is 32.1. The largest absolute Gasteiger partial charge is 0.369 e. The van der Waals surface area contributed by atoms with E-state index in [1.807, 2.05) is 61.0 Å². The number of hydrogen-bond acceptors (Lipinski definition) is 3. The fourth-order valence-electron chi connectivity index (χ4n) is 2.78. The Morgan fingerprint density at radius 3 is 2.54 bits per heavy atom. The second-order valence-electron chi connectivity index (χ2n) is 6.07. The summed E-state index contributed by atoms with van der Waals surface area (Å²) < 4.78 is 0. The van der Waals surface area contributed by atoms with Crippen LogP contribution in [0, 0.1) is 0 Å². The van der Waals surface area contributed by atoms with Crippen molar-refractivity contribution in [2.24, 2.45) is 0 Å². The lowest BCUT2D eigenvalue weighted by atomic mass is 10.2. The highest BCUT2D eigenvalue weighted by Gasteiger charge is 2.10. The van der Waals surface area contributed by atoms with Gasteiger partial charge in [0.15, 0.2) is 0 Å². The summed E-state index contributed by atoms with van der Waals surface area (Å²) in [6.07, 6.45) is 0.848. The molecule has 0 aliphatic carbocycles. The van der Waals surface area contributed by atoms with Gasteiger partial charge in [-0.15, -0.1) is 11.3 Å². The average Bonchev–Trinajstić information content (AvgIpc) is 3.16. The van der Waals surface area contributed by atoms with Crippen molar-refractivity contribution in [1.29, 1.82) is 0 Å². The van der Waals surface area contributed by atoms with E-state index in [1.54, 1.807) is 11.3 Å². The van der Waals surface area contributed by atoms with Gasteiger partial charge in [0.05, 0.1) is 11.4 Å². The maximum atomic E-state index is 12.2. The zero-order valence-corrected chi connectivity index (χ0v) is 15.6. The Bertz CT molecular complexity index is 818. The number of benzene rings is 2. The first-order valence-corrected chi connectivity index (χ1v) is 9.51.